The molecule has 18 heavy (non-hydrogen) atoms. The highest BCUT2D eigenvalue weighted by molar-refractivity contribution is 5.55. The van der Waals surface area contributed by atoms with Crippen molar-refractivity contribution in [2.45, 2.75) is 32.6 Å². The van der Waals surface area contributed by atoms with Crippen molar-refractivity contribution in [2.24, 2.45) is 0 Å². The first-order valence-electron chi connectivity index (χ1n) is 6.59. The highest BCUT2D eigenvalue weighted by atomic mass is 16.5. The number of ether oxygens (including phenoxy) is 1. The van der Waals surface area contributed by atoms with Crippen LogP contribution in [0.25, 0.3) is 0 Å². The molecule has 1 aromatic heterocycles. The fourth-order valence-electron chi connectivity index (χ4n) is 2.22. The summed E-state index contributed by atoms with van der Waals surface area (Å²) in [5.74, 6) is 0.731. The molecule has 0 spiro atoms. The van der Waals surface area contributed by atoms with Gasteiger partial charge in [-0.1, -0.05) is 0 Å². The molecule has 1 N–H and O–H groups in total. The number of nitriles is 1. The summed E-state index contributed by atoms with van der Waals surface area (Å²) in [5.41, 5.74) is 3.06. The van der Waals surface area contributed by atoms with Gasteiger partial charge in [-0.25, -0.2) is 4.98 Å². The van der Waals surface area contributed by atoms with E-state index in [4.69, 9.17) is 10.00 Å². The van der Waals surface area contributed by atoms with E-state index >= 15 is 0 Å². The number of fused-ring (bicyclic) bond motifs is 1. The maximum Gasteiger partial charge on any atom is 0.144 e. The van der Waals surface area contributed by atoms with Gasteiger partial charge in [-0.05, 0) is 44.2 Å². The number of nitrogens with one attached hydrogen (secondary N) is 1. The van der Waals surface area contributed by atoms with E-state index in [1.54, 1.807) is 0 Å². The number of rotatable bonds is 6. The number of aromatic nitrogens is 1. The molecule has 1 heterocycles. The quantitative estimate of drug-likeness (QED) is 0.781. The molecule has 0 radical (unpaired) electrons. The zero-order valence-corrected chi connectivity index (χ0v) is 10.8. The number of anilines is 1. The third-order valence-electron chi connectivity index (χ3n) is 3.13. The van der Waals surface area contributed by atoms with Crippen LogP contribution >= 0.6 is 0 Å². The van der Waals surface area contributed by atoms with Gasteiger partial charge in [0.1, 0.15) is 11.9 Å². The predicted molar refractivity (Wildman–Crippen MR) is 70.6 cm³/mol. The van der Waals surface area contributed by atoms with Crippen LogP contribution in [0, 0.1) is 11.3 Å². The molecule has 0 bridgehead atoms. The highest BCUT2D eigenvalue weighted by Gasteiger charge is 2.15. The molecule has 96 valence electrons. The van der Waals surface area contributed by atoms with E-state index in [9.17, 15) is 0 Å². The lowest BCUT2D eigenvalue weighted by molar-refractivity contribution is 0.147. The van der Waals surface area contributed by atoms with Crippen molar-refractivity contribution in [1.29, 1.82) is 5.26 Å². The molecule has 0 saturated heterocycles. The first kappa shape index (κ1) is 12.8. The van der Waals surface area contributed by atoms with Crippen molar-refractivity contribution >= 4 is 5.82 Å². The molecule has 1 aromatic rings. The van der Waals surface area contributed by atoms with Gasteiger partial charge in [0, 0.05) is 25.5 Å². The second kappa shape index (κ2) is 6.36. The second-order valence-corrected chi connectivity index (χ2v) is 4.43. The fraction of sp³-hybridized carbons (Fsp3) is 0.571. The van der Waals surface area contributed by atoms with Crippen molar-refractivity contribution in [3.8, 4) is 6.07 Å². The van der Waals surface area contributed by atoms with Crippen LogP contribution in [0.2, 0.25) is 0 Å². The Balaban J connectivity index is 1.97. The van der Waals surface area contributed by atoms with Gasteiger partial charge in [0.2, 0.25) is 0 Å². The van der Waals surface area contributed by atoms with Crippen molar-refractivity contribution in [3.63, 3.8) is 0 Å². The molecule has 0 amide bonds. The van der Waals surface area contributed by atoms with Crippen LogP contribution in [0.4, 0.5) is 5.82 Å². The standard InChI is InChI=1S/C14H19N3O/c1-2-18-8-4-7-16-14-12(10-15)9-11-5-3-6-13(11)17-14/h9H,2-8H2,1H3,(H,16,17). The molecule has 0 atom stereocenters. The fourth-order valence-corrected chi connectivity index (χ4v) is 2.22. The highest BCUT2D eigenvalue weighted by Crippen LogP contribution is 2.24. The molecule has 1 aliphatic rings. The van der Waals surface area contributed by atoms with Gasteiger partial charge in [-0.3, -0.25) is 0 Å². The van der Waals surface area contributed by atoms with Crippen LogP contribution < -0.4 is 5.32 Å². The van der Waals surface area contributed by atoms with Crippen molar-refractivity contribution in [1.82, 2.24) is 4.98 Å². The molecule has 0 fully saturated rings. The Morgan fingerprint density at radius 1 is 1.50 bits per heavy atom. The van der Waals surface area contributed by atoms with E-state index in [1.165, 1.54) is 5.56 Å². The molecule has 1 aliphatic carbocycles. The molecular weight excluding hydrogens is 226 g/mol. The zero-order valence-electron chi connectivity index (χ0n) is 10.8. The second-order valence-electron chi connectivity index (χ2n) is 4.43. The first-order valence-corrected chi connectivity index (χ1v) is 6.59. The molecule has 0 aromatic carbocycles. The number of pyridine rings is 1. The topological polar surface area (TPSA) is 57.9 Å². The van der Waals surface area contributed by atoms with Gasteiger partial charge in [0.05, 0.1) is 5.56 Å². The lowest BCUT2D eigenvalue weighted by atomic mass is 10.1. The van der Waals surface area contributed by atoms with Crippen LogP contribution in [-0.2, 0) is 17.6 Å². The summed E-state index contributed by atoms with van der Waals surface area (Å²) in [6.07, 6.45) is 4.18. The number of nitrogens with zero attached hydrogens (tertiary/aromatic N) is 2. The smallest absolute Gasteiger partial charge is 0.144 e. The lowest BCUT2D eigenvalue weighted by Crippen LogP contribution is -2.09. The van der Waals surface area contributed by atoms with Crippen LogP contribution in [0.1, 0.15) is 36.6 Å². The normalized spacial score (nSPS) is 13.1. The third kappa shape index (κ3) is 2.99. The monoisotopic (exact) mass is 245 g/mol. The Hall–Kier alpha value is -1.60. The summed E-state index contributed by atoms with van der Waals surface area (Å²) >= 11 is 0. The van der Waals surface area contributed by atoms with E-state index in [2.05, 4.69) is 16.4 Å². The lowest BCUT2D eigenvalue weighted by Gasteiger charge is -2.09. The third-order valence-corrected chi connectivity index (χ3v) is 3.13. The van der Waals surface area contributed by atoms with Gasteiger partial charge >= 0.3 is 0 Å². The van der Waals surface area contributed by atoms with Crippen LogP contribution in [0.3, 0.4) is 0 Å². The summed E-state index contributed by atoms with van der Waals surface area (Å²) in [5, 5.41) is 12.4. The van der Waals surface area contributed by atoms with E-state index in [0.717, 1.165) is 57.0 Å². The van der Waals surface area contributed by atoms with E-state index < -0.39 is 0 Å². The van der Waals surface area contributed by atoms with E-state index in [-0.39, 0.29) is 0 Å². The van der Waals surface area contributed by atoms with Gasteiger partial charge in [-0.15, -0.1) is 0 Å². The van der Waals surface area contributed by atoms with Gasteiger partial charge in [0.25, 0.3) is 0 Å². The summed E-state index contributed by atoms with van der Waals surface area (Å²) in [6, 6.07) is 4.21. The number of aryl methyl sites for hydroxylation is 2. The molecule has 2 rings (SSSR count). The van der Waals surface area contributed by atoms with Crippen LogP contribution in [-0.4, -0.2) is 24.7 Å². The number of hydrogen-bond acceptors (Lipinski definition) is 4. The Bertz CT molecular complexity index is 451. The Morgan fingerprint density at radius 3 is 3.17 bits per heavy atom. The maximum absolute atomic E-state index is 9.14. The SMILES string of the molecule is CCOCCCNc1nc2c(cc1C#N)CCC2. The summed E-state index contributed by atoms with van der Waals surface area (Å²) in [4.78, 5) is 4.57. The molecule has 0 aliphatic heterocycles. The van der Waals surface area contributed by atoms with Crippen molar-refractivity contribution in [3.05, 3.63) is 22.9 Å². The summed E-state index contributed by atoms with van der Waals surface area (Å²) < 4.78 is 5.28. The summed E-state index contributed by atoms with van der Waals surface area (Å²) in [6.45, 7) is 4.28. The van der Waals surface area contributed by atoms with Crippen molar-refractivity contribution < 1.29 is 4.74 Å². The average molecular weight is 245 g/mol. The minimum absolute atomic E-state index is 0.659. The minimum atomic E-state index is 0.659. The van der Waals surface area contributed by atoms with Crippen molar-refractivity contribution in [2.75, 3.05) is 25.1 Å². The Labute approximate surface area is 108 Å². The minimum Gasteiger partial charge on any atom is -0.382 e. The van der Waals surface area contributed by atoms with Gasteiger partial charge in [0.15, 0.2) is 0 Å². The van der Waals surface area contributed by atoms with E-state index in [1.807, 2.05) is 13.0 Å². The predicted octanol–water partition coefficient (Wildman–Crippen LogP) is 2.28. The Morgan fingerprint density at radius 2 is 2.39 bits per heavy atom. The first-order chi connectivity index (χ1) is 8.85. The molecule has 0 saturated carbocycles. The molecule has 0 unspecified atom stereocenters. The zero-order chi connectivity index (χ0) is 12.8. The van der Waals surface area contributed by atoms with E-state index in [0.29, 0.717) is 5.56 Å². The van der Waals surface area contributed by atoms with Crippen LogP contribution in [0.15, 0.2) is 6.07 Å². The largest absolute Gasteiger partial charge is 0.382 e. The molecular formula is C14H19N3O. The molecule has 4 heteroatoms. The average Bonchev–Trinajstić information content (AvgIpc) is 2.84. The maximum atomic E-state index is 9.14. The Kier molecular flexibility index (Phi) is 4.54. The van der Waals surface area contributed by atoms with Gasteiger partial charge in [-0.2, -0.15) is 5.26 Å². The van der Waals surface area contributed by atoms with Gasteiger partial charge < -0.3 is 10.1 Å². The number of hydrogen-bond donors (Lipinski definition) is 1. The summed E-state index contributed by atoms with van der Waals surface area (Å²) in [7, 11) is 0. The molecule has 4 nitrogen and oxygen atoms in total. The van der Waals surface area contributed by atoms with Crippen LogP contribution in [0.5, 0.6) is 0 Å².